The Hall–Kier alpha value is -0.561. The summed E-state index contributed by atoms with van der Waals surface area (Å²) in [5.41, 5.74) is 14.1. The van der Waals surface area contributed by atoms with Gasteiger partial charge >= 0.3 is 0 Å². The third-order valence-electron chi connectivity index (χ3n) is 1.63. The van der Waals surface area contributed by atoms with E-state index in [4.69, 9.17) is 36.7 Å². The molecular formula is C10H10CuN4S2-4. The van der Waals surface area contributed by atoms with Crippen LogP contribution in [0.1, 0.15) is 0 Å². The topological polar surface area (TPSA) is 73.4 Å². The molecule has 2 rings (SSSR count). The maximum atomic E-state index is 6.26. The van der Waals surface area contributed by atoms with Crippen molar-refractivity contribution in [2.45, 2.75) is 10.1 Å². The number of nitrogens with one attached hydrogen (secondary N) is 2. The first kappa shape index (κ1) is 16.4. The molecule has 4 nitrogen and oxygen atoms in total. The van der Waals surface area contributed by atoms with E-state index in [0.29, 0.717) is 10.1 Å². The summed E-state index contributed by atoms with van der Waals surface area (Å²) in [6.45, 7) is 0.472. The Labute approximate surface area is 122 Å². The van der Waals surface area contributed by atoms with Gasteiger partial charge in [-0.15, -0.1) is 0 Å². The molecule has 0 fully saturated rings. The molecule has 1 aromatic carbocycles. The van der Waals surface area contributed by atoms with Gasteiger partial charge in [-0.1, -0.05) is 22.2 Å². The second kappa shape index (κ2) is 8.52. The zero-order valence-electron chi connectivity index (χ0n) is 8.74. The molecule has 0 unspecified atom stereocenters. The van der Waals surface area contributed by atoms with Crippen LogP contribution in [0.5, 0.6) is 0 Å². The van der Waals surface area contributed by atoms with Crippen LogP contribution in [-0.2, 0) is 42.3 Å². The minimum atomic E-state index is 0. The number of para-hydroxylation sites is 2. The van der Waals surface area contributed by atoms with Crippen molar-refractivity contribution in [2.75, 3.05) is 13.1 Å². The summed E-state index contributed by atoms with van der Waals surface area (Å²) < 4.78 is 0. The van der Waals surface area contributed by atoms with E-state index in [1.165, 1.54) is 0 Å². The first-order chi connectivity index (χ1) is 7.69. The molecule has 0 aliphatic rings. The monoisotopic (exact) mass is 313 g/mol. The molecule has 0 aliphatic heterocycles. The standard InChI is InChI=1S/C8H6N2S2.C2H6N2.Cu/c11-7-8(12)10-6-4-2-1-3-5(6)9-7;3-1-2-4;/h1-4H,(H,9,11)(H,10,12);3-4H,1-2H2;/q;-2;/p-2. The molecule has 0 saturated carbocycles. The quantitative estimate of drug-likeness (QED) is 0.599. The Morgan fingerprint density at radius 2 is 1.24 bits per heavy atom. The molecule has 0 saturated heterocycles. The molecular weight excluding hydrogens is 304 g/mol. The molecule has 0 spiro atoms. The van der Waals surface area contributed by atoms with Gasteiger partial charge in [-0.2, -0.15) is 13.1 Å². The SMILES string of the molecule is [Cu].[NH-]CC[NH-].[S-]c1nc2ccccc2nc1[S-]. The summed E-state index contributed by atoms with van der Waals surface area (Å²) >= 11 is 9.81. The van der Waals surface area contributed by atoms with Crippen LogP contribution in [0.4, 0.5) is 0 Å². The first-order valence-electron chi connectivity index (χ1n) is 4.59. The third kappa shape index (κ3) is 5.08. The smallest absolute Gasteiger partial charge is 0.0867 e. The fourth-order valence-electron chi connectivity index (χ4n) is 0.968. The summed E-state index contributed by atoms with van der Waals surface area (Å²) in [6, 6.07) is 7.53. The van der Waals surface area contributed by atoms with Crippen molar-refractivity contribution in [3.63, 3.8) is 0 Å². The Balaban J connectivity index is 0.000000453. The van der Waals surface area contributed by atoms with Gasteiger partial charge in [0, 0.05) is 17.1 Å². The molecule has 1 heterocycles. The third-order valence-corrected chi connectivity index (χ3v) is 2.33. The average molecular weight is 314 g/mol. The van der Waals surface area contributed by atoms with E-state index < -0.39 is 0 Å². The van der Waals surface area contributed by atoms with E-state index in [9.17, 15) is 0 Å². The first-order valence-corrected chi connectivity index (χ1v) is 5.40. The molecule has 17 heavy (non-hydrogen) atoms. The summed E-state index contributed by atoms with van der Waals surface area (Å²) in [5.74, 6) is 0. The second-order valence-corrected chi connectivity index (χ2v) is 3.60. The van der Waals surface area contributed by atoms with Crippen molar-refractivity contribution in [3.8, 4) is 0 Å². The van der Waals surface area contributed by atoms with E-state index in [1.807, 2.05) is 24.3 Å². The number of aromatic nitrogens is 2. The zero-order valence-corrected chi connectivity index (χ0v) is 11.3. The fourth-order valence-corrected chi connectivity index (χ4v) is 1.26. The predicted octanol–water partition coefficient (Wildman–Crippen LogP) is 2.53. The molecule has 2 N–H and O–H groups in total. The Bertz CT molecular complexity index is 425. The average Bonchev–Trinajstić information content (AvgIpc) is 2.31. The summed E-state index contributed by atoms with van der Waals surface area (Å²) in [4.78, 5) is 8.25. The van der Waals surface area contributed by atoms with Crippen LogP contribution >= 0.6 is 0 Å². The number of hydrogen-bond acceptors (Lipinski definition) is 4. The Morgan fingerprint density at radius 1 is 0.882 bits per heavy atom. The minimum Gasteiger partial charge on any atom is -0.760 e. The van der Waals surface area contributed by atoms with Crippen LogP contribution in [0.25, 0.3) is 22.5 Å². The van der Waals surface area contributed by atoms with Gasteiger partial charge in [-0.25, -0.2) is 0 Å². The molecule has 2 aromatic rings. The number of benzene rings is 1. The van der Waals surface area contributed by atoms with Crippen molar-refractivity contribution in [1.29, 1.82) is 0 Å². The molecule has 0 amide bonds. The van der Waals surface area contributed by atoms with Gasteiger partial charge in [-0.05, 0) is 12.1 Å². The maximum Gasteiger partial charge on any atom is 0.0867 e. The Kier molecular flexibility index (Phi) is 8.24. The largest absolute Gasteiger partial charge is 0.760 e. The van der Waals surface area contributed by atoms with Gasteiger partial charge in [0.1, 0.15) is 0 Å². The van der Waals surface area contributed by atoms with E-state index in [1.54, 1.807) is 0 Å². The van der Waals surface area contributed by atoms with Crippen LogP contribution in [0.2, 0.25) is 0 Å². The van der Waals surface area contributed by atoms with Gasteiger partial charge in [0.15, 0.2) is 0 Å². The van der Waals surface area contributed by atoms with Gasteiger partial charge in [0.25, 0.3) is 0 Å². The molecule has 97 valence electrons. The van der Waals surface area contributed by atoms with Crippen LogP contribution in [-0.4, -0.2) is 23.1 Å². The van der Waals surface area contributed by atoms with E-state index in [2.05, 4.69) is 9.97 Å². The second-order valence-electron chi connectivity index (χ2n) is 2.82. The molecule has 7 heteroatoms. The van der Waals surface area contributed by atoms with Crippen molar-refractivity contribution in [2.24, 2.45) is 0 Å². The van der Waals surface area contributed by atoms with Gasteiger partial charge in [0.2, 0.25) is 0 Å². The summed E-state index contributed by atoms with van der Waals surface area (Å²) in [5, 5.41) is 0.812. The van der Waals surface area contributed by atoms with Crippen molar-refractivity contribution < 1.29 is 17.1 Å². The van der Waals surface area contributed by atoms with E-state index >= 15 is 0 Å². The van der Waals surface area contributed by atoms with Gasteiger partial charge in [-0.3, -0.25) is 9.97 Å². The van der Waals surface area contributed by atoms with Crippen LogP contribution in [0, 0.1) is 0 Å². The number of fused-ring (bicyclic) bond motifs is 1. The molecule has 0 atom stereocenters. The maximum absolute atomic E-state index is 6.26. The summed E-state index contributed by atoms with van der Waals surface area (Å²) in [7, 11) is 0. The summed E-state index contributed by atoms with van der Waals surface area (Å²) in [6.07, 6.45) is 0. The van der Waals surface area contributed by atoms with Crippen LogP contribution in [0.15, 0.2) is 34.3 Å². The van der Waals surface area contributed by atoms with Gasteiger partial charge in [0.05, 0.1) is 11.0 Å². The molecule has 0 aliphatic carbocycles. The molecule has 0 bridgehead atoms. The Morgan fingerprint density at radius 3 is 1.53 bits per heavy atom. The molecule has 1 aromatic heterocycles. The van der Waals surface area contributed by atoms with Crippen LogP contribution in [0.3, 0.4) is 0 Å². The zero-order chi connectivity index (χ0) is 12.0. The van der Waals surface area contributed by atoms with Crippen molar-refractivity contribution >= 4 is 36.3 Å². The van der Waals surface area contributed by atoms with E-state index in [0.717, 1.165) is 11.0 Å². The van der Waals surface area contributed by atoms with Crippen molar-refractivity contribution in [1.82, 2.24) is 9.97 Å². The predicted molar refractivity (Wildman–Crippen MR) is 69.2 cm³/mol. The van der Waals surface area contributed by atoms with Crippen LogP contribution < -0.4 is 0 Å². The number of rotatable bonds is 1. The number of nitrogens with zero attached hydrogens (tertiary/aromatic N) is 2. The molecule has 1 radical (unpaired) electrons. The van der Waals surface area contributed by atoms with E-state index in [-0.39, 0.29) is 30.2 Å². The van der Waals surface area contributed by atoms with Crippen molar-refractivity contribution in [3.05, 3.63) is 35.7 Å². The normalized spacial score (nSPS) is 9.06. The fraction of sp³-hybridized carbons (Fsp3) is 0.200. The number of hydrogen-bond donors (Lipinski definition) is 0. The van der Waals surface area contributed by atoms with Gasteiger partial charge < -0.3 is 36.7 Å². The minimum absolute atomic E-state index is 0.